The second-order valence-corrected chi connectivity index (χ2v) is 4.68. The molecule has 1 aliphatic carbocycles. The fraction of sp³-hybridized carbons (Fsp3) is 0.375. The van der Waals surface area contributed by atoms with Crippen LogP contribution >= 0.6 is 0 Å². The summed E-state index contributed by atoms with van der Waals surface area (Å²) < 4.78 is 4.94. The highest BCUT2D eigenvalue weighted by Gasteiger charge is 2.20. The van der Waals surface area contributed by atoms with E-state index < -0.39 is 0 Å². The van der Waals surface area contributed by atoms with Crippen molar-refractivity contribution in [2.75, 3.05) is 6.61 Å². The first kappa shape index (κ1) is 13.5. The molecule has 0 radical (unpaired) electrons. The minimum Gasteiger partial charge on any atom is -0.462 e. The summed E-state index contributed by atoms with van der Waals surface area (Å²) in [6, 6.07) is 7.24. The summed E-state index contributed by atoms with van der Waals surface area (Å²) in [5.74, 6) is -0.0525. The highest BCUT2D eigenvalue weighted by atomic mass is 16.5. The van der Waals surface area contributed by atoms with Gasteiger partial charge in [-0.3, -0.25) is 4.79 Å². The number of carbonyl (C=O) groups is 2. The first-order valence-electron chi connectivity index (χ1n) is 6.64. The van der Waals surface area contributed by atoms with Gasteiger partial charge < -0.3 is 4.74 Å². The molecular weight excluding hydrogens is 240 g/mol. The molecule has 2 rings (SSSR count). The Hall–Kier alpha value is -1.90. The molecular formula is C16H18O3. The van der Waals surface area contributed by atoms with Crippen LogP contribution in [-0.2, 0) is 9.53 Å². The molecule has 0 aliphatic heterocycles. The van der Waals surface area contributed by atoms with Crippen molar-refractivity contribution in [3.8, 4) is 0 Å². The Kier molecular flexibility index (Phi) is 4.15. The molecule has 1 fully saturated rings. The van der Waals surface area contributed by atoms with Gasteiger partial charge in [-0.2, -0.15) is 0 Å². The van der Waals surface area contributed by atoms with Crippen molar-refractivity contribution < 1.29 is 14.3 Å². The maximum Gasteiger partial charge on any atom is 0.338 e. The molecule has 0 unspecified atom stereocenters. The molecule has 0 spiro atoms. The quantitative estimate of drug-likeness (QED) is 0.616. The molecule has 0 atom stereocenters. The van der Waals surface area contributed by atoms with Crippen molar-refractivity contribution in [3.05, 3.63) is 41.0 Å². The lowest BCUT2D eigenvalue weighted by molar-refractivity contribution is -0.114. The van der Waals surface area contributed by atoms with Crippen molar-refractivity contribution in [2.24, 2.45) is 0 Å². The Balaban J connectivity index is 2.23. The number of carbonyl (C=O) groups excluding carboxylic acids is 2. The van der Waals surface area contributed by atoms with Gasteiger partial charge in [-0.15, -0.1) is 0 Å². The largest absolute Gasteiger partial charge is 0.462 e. The van der Waals surface area contributed by atoms with Gasteiger partial charge in [0.25, 0.3) is 0 Å². The number of Topliss-reactive ketones (excluding diaryl/α,β-unsaturated/α-hetero) is 1. The molecule has 100 valence electrons. The number of hydrogen-bond donors (Lipinski definition) is 0. The smallest absolute Gasteiger partial charge is 0.338 e. The normalized spacial score (nSPS) is 17.5. The molecule has 1 aliphatic rings. The topological polar surface area (TPSA) is 43.4 Å². The van der Waals surface area contributed by atoms with Crippen molar-refractivity contribution in [2.45, 2.75) is 33.1 Å². The van der Waals surface area contributed by atoms with Gasteiger partial charge in [-0.25, -0.2) is 4.79 Å². The predicted molar refractivity (Wildman–Crippen MR) is 73.9 cm³/mol. The summed E-state index contributed by atoms with van der Waals surface area (Å²) in [6.07, 6.45) is 2.48. The van der Waals surface area contributed by atoms with Crippen molar-refractivity contribution >= 4 is 17.3 Å². The molecule has 0 N–H and O–H groups in total. The molecule has 1 aromatic carbocycles. The van der Waals surface area contributed by atoms with Crippen LogP contribution in [0.4, 0.5) is 0 Å². The monoisotopic (exact) mass is 258 g/mol. The van der Waals surface area contributed by atoms with Gasteiger partial charge in [0.2, 0.25) is 0 Å². The van der Waals surface area contributed by atoms with Crippen LogP contribution < -0.4 is 0 Å². The van der Waals surface area contributed by atoms with Gasteiger partial charge in [-0.1, -0.05) is 12.1 Å². The Bertz CT molecular complexity index is 523. The summed E-state index contributed by atoms with van der Waals surface area (Å²) in [5.41, 5.74) is 3.50. The van der Waals surface area contributed by atoms with Crippen LogP contribution in [-0.4, -0.2) is 18.4 Å². The number of rotatable bonds is 3. The van der Waals surface area contributed by atoms with Crippen LogP contribution in [0, 0.1) is 0 Å². The Morgan fingerprint density at radius 2 is 1.79 bits per heavy atom. The van der Waals surface area contributed by atoms with E-state index >= 15 is 0 Å². The first-order valence-corrected chi connectivity index (χ1v) is 6.64. The van der Waals surface area contributed by atoms with Gasteiger partial charge in [-0.05, 0) is 55.5 Å². The van der Waals surface area contributed by atoms with E-state index in [2.05, 4.69) is 0 Å². The van der Waals surface area contributed by atoms with Crippen molar-refractivity contribution in [3.63, 3.8) is 0 Å². The summed E-state index contributed by atoms with van der Waals surface area (Å²) in [6.45, 7) is 4.13. The van der Waals surface area contributed by atoms with Gasteiger partial charge in [0.15, 0.2) is 5.78 Å². The Morgan fingerprint density at radius 1 is 1.16 bits per heavy atom. The molecule has 1 aromatic rings. The maximum absolute atomic E-state index is 11.7. The lowest BCUT2D eigenvalue weighted by Crippen LogP contribution is -2.04. The van der Waals surface area contributed by atoms with E-state index in [1.165, 1.54) is 0 Å². The van der Waals surface area contributed by atoms with Gasteiger partial charge in [0, 0.05) is 6.42 Å². The molecule has 19 heavy (non-hydrogen) atoms. The van der Waals surface area contributed by atoms with E-state index in [-0.39, 0.29) is 11.8 Å². The number of esters is 1. The number of ketones is 1. The average molecular weight is 258 g/mol. The average Bonchev–Trinajstić information content (AvgIpc) is 2.84. The second-order valence-electron chi connectivity index (χ2n) is 4.68. The van der Waals surface area contributed by atoms with Crippen LogP contribution in [0.2, 0.25) is 0 Å². The molecule has 3 heteroatoms. The summed E-state index contributed by atoms with van der Waals surface area (Å²) >= 11 is 0. The molecule has 0 saturated heterocycles. The fourth-order valence-corrected chi connectivity index (χ4v) is 2.36. The standard InChI is InChI=1S/C16H18O3/c1-3-19-16(18)13-9-7-12(8-10-13)11(2)14-5-4-6-15(14)17/h7-10H,3-6H2,1-2H3/b14-11+. The summed E-state index contributed by atoms with van der Waals surface area (Å²) in [5, 5.41) is 0. The highest BCUT2D eigenvalue weighted by Crippen LogP contribution is 2.29. The third kappa shape index (κ3) is 2.92. The van der Waals surface area contributed by atoms with Gasteiger partial charge in [0.1, 0.15) is 0 Å². The minimum absolute atomic E-state index is 0.256. The SMILES string of the molecule is CCOC(=O)c1ccc(/C(C)=C2\CCCC2=O)cc1. The summed E-state index contributed by atoms with van der Waals surface area (Å²) in [7, 11) is 0. The number of ether oxygens (including phenoxy) is 1. The molecule has 0 heterocycles. The number of hydrogen-bond acceptors (Lipinski definition) is 3. The molecule has 0 bridgehead atoms. The molecule has 0 amide bonds. The van der Waals surface area contributed by atoms with Crippen molar-refractivity contribution in [1.82, 2.24) is 0 Å². The van der Waals surface area contributed by atoms with E-state index in [1.54, 1.807) is 19.1 Å². The number of allylic oxidation sites excluding steroid dienone is 2. The van der Waals surface area contributed by atoms with Gasteiger partial charge >= 0.3 is 5.97 Å². The van der Waals surface area contributed by atoms with E-state index in [0.29, 0.717) is 18.6 Å². The molecule has 0 aromatic heterocycles. The van der Waals surface area contributed by atoms with E-state index in [0.717, 1.165) is 29.6 Å². The zero-order valence-electron chi connectivity index (χ0n) is 11.4. The zero-order chi connectivity index (χ0) is 13.8. The van der Waals surface area contributed by atoms with Crippen molar-refractivity contribution in [1.29, 1.82) is 0 Å². The van der Waals surface area contributed by atoms with E-state index in [1.807, 2.05) is 19.1 Å². The summed E-state index contributed by atoms with van der Waals surface area (Å²) in [4.78, 5) is 23.3. The lowest BCUT2D eigenvalue weighted by Gasteiger charge is -2.07. The predicted octanol–water partition coefficient (Wildman–Crippen LogP) is 3.39. The highest BCUT2D eigenvalue weighted by molar-refractivity contribution is 6.04. The fourth-order valence-electron chi connectivity index (χ4n) is 2.36. The Morgan fingerprint density at radius 3 is 2.32 bits per heavy atom. The van der Waals surface area contributed by atoms with Gasteiger partial charge in [0.05, 0.1) is 12.2 Å². The van der Waals surface area contributed by atoms with E-state index in [4.69, 9.17) is 4.74 Å². The number of benzene rings is 1. The second kappa shape index (κ2) is 5.83. The van der Waals surface area contributed by atoms with Crippen LogP contribution in [0.3, 0.4) is 0 Å². The molecule has 1 saturated carbocycles. The third-order valence-corrected chi connectivity index (χ3v) is 3.45. The van der Waals surface area contributed by atoms with Crippen LogP contribution in [0.25, 0.3) is 5.57 Å². The third-order valence-electron chi connectivity index (χ3n) is 3.45. The zero-order valence-corrected chi connectivity index (χ0v) is 11.4. The van der Waals surface area contributed by atoms with Crippen LogP contribution in [0.1, 0.15) is 49.0 Å². The van der Waals surface area contributed by atoms with Crippen LogP contribution in [0.5, 0.6) is 0 Å². The van der Waals surface area contributed by atoms with E-state index in [9.17, 15) is 9.59 Å². The minimum atomic E-state index is -0.309. The maximum atomic E-state index is 11.7. The van der Waals surface area contributed by atoms with Crippen LogP contribution in [0.15, 0.2) is 29.8 Å². The molecule has 3 nitrogen and oxygen atoms in total. The first-order chi connectivity index (χ1) is 9.13. The Labute approximate surface area is 113 Å². The lowest BCUT2D eigenvalue weighted by atomic mass is 9.99.